The minimum absolute atomic E-state index is 0.259. The summed E-state index contributed by atoms with van der Waals surface area (Å²) >= 11 is 0. The van der Waals surface area contributed by atoms with Crippen LogP contribution in [0.4, 0.5) is 0 Å². The highest BCUT2D eigenvalue weighted by Gasteiger charge is 2.16. The fourth-order valence-electron chi connectivity index (χ4n) is 2.34. The number of hydrogen-bond acceptors (Lipinski definition) is 4. The van der Waals surface area contributed by atoms with Gasteiger partial charge in [-0.05, 0) is 30.7 Å². The lowest BCUT2D eigenvalue weighted by molar-refractivity contribution is -0.129. The molecule has 0 unspecified atom stereocenters. The van der Waals surface area contributed by atoms with E-state index in [1.807, 2.05) is 30.3 Å². The maximum Gasteiger partial charge on any atom is 0.258 e. The molecule has 0 aliphatic heterocycles. The zero-order valence-electron chi connectivity index (χ0n) is 13.7. The van der Waals surface area contributed by atoms with E-state index in [1.54, 1.807) is 19.9 Å². The van der Waals surface area contributed by atoms with Gasteiger partial charge in [0.1, 0.15) is 11.8 Å². The lowest BCUT2D eigenvalue weighted by Crippen LogP contribution is -2.46. The molecule has 2 aromatic rings. The molecule has 0 heterocycles. The molecule has 0 radical (unpaired) electrons. The zero-order valence-corrected chi connectivity index (χ0v) is 13.7. The second kappa shape index (κ2) is 8.10. The Morgan fingerprint density at radius 2 is 1.96 bits per heavy atom. The molecule has 0 aliphatic carbocycles. The predicted molar refractivity (Wildman–Crippen MR) is 91.1 cm³/mol. The zero-order chi connectivity index (χ0) is 17.5. The molecule has 0 saturated heterocycles. The molecule has 2 N–H and O–H groups in total. The summed E-state index contributed by atoms with van der Waals surface area (Å²) in [6.07, 6.45) is 0.715. The average Bonchev–Trinajstić information content (AvgIpc) is 2.59. The predicted octanol–water partition coefficient (Wildman–Crippen LogP) is 1.67. The fraction of sp³-hybridized carbons (Fsp3) is 0.278. The first-order chi connectivity index (χ1) is 11.6. The summed E-state index contributed by atoms with van der Waals surface area (Å²) in [6, 6.07) is 10.3. The number of hydrogen-bond donors (Lipinski definition) is 2. The first-order valence-corrected chi connectivity index (χ1v) is 7.73. The molecule has 6 nitrogen and oxygen atoms in total. The summed E-state index contributed by atoms with van der Waals surface area (Å²) in [5.74, 6) is -0.353. The van der Waals surface area contributed by atoms with Gasteiger partial charge in [-0.1, -0.05) is 30.3 Å². The second-order valence-corrected chi connectivity index (χ2v) is 5.29. The summed E-state index contributed by atoms with van der Waals surface area (Å²) in [5, 5.41) is 6.85. The molecule has 0 aliphatic rings. The average molecular weight is 328 g/mol. The van der Waals surface area contributed by atoms with E-state index < -0.39 is 11.9 Å². The molecule has 0 bridgehead atoms. The van der Waals surface area contributed by atoms with Crippen LogP contribution in [-0.4, -0.2) is 37.3 Å². The Morgan fingerprint density at radius 1 is 1.21 bits per heavy atom. The Balaban J connectivity index is 2.04. The maximum absolute atomic E-state index is 11.9. The molecule has 0 fully saturated rings. The Kier molecular flexibility index (Phi) is 5.89. The number of carbonyl (C=O) groups excluding carboxylic acids is 3. The quantitative estimate of drug-likeness (QED) is 0.757. The van der Waals surface area contributed by atoms with Crippen molar-refractivity contribution < 1.29 is 19.1 Å². The van der Waals surface area contributed by atoms with E-state index in [0.717, 1.165) is 10.8 Å². The van der Waals surface area contributed by atoms with Crippen molar-refractivity contribution in [2.45, 2.75) is 19.9 Å². The first-order valence-electron chi connectivity index (χ1n) is 7.73. The highest BCUT2D eigenvalue weighted by atomic mass is 16.5. The fourth-order valence-corrected chi connectivity index (χ4v) is 2.34. The van der Waals surface area contributed by atoms with E-state index in [2.05, 4.69) is 10.6 Å². The van der Waals surface area contributed by atoms with Crippen LogP contribution < -0.4 is 15.4 Å². The van der Waals surface area contributed by atoms with Crippen LogP contribution in [0.2, 0.25) is 0 Å². The minimum atomic E-state index is -0.650. The van der Waals surface area contributed by atoms with Crippen LogP contribution in [0, 0.1) is 0 Å². The van der Waals surface area contributed by atoms with Crippen LogP contribution in [0.15, 0.2) is 36.4 Å². The van der Waals surface area contributed by atoms with Gasteiger partial charge in [-0.25, -0.2) is 0 Å². The molecule has 2 aromatic carbocycles. The SMILES string of the molecule is CCNC(=O)[C@H](C)NC(=O)COc1ccc2ccccc2c1C=O. The van der Waals surface area contributed by atoms with Crippen molar-refractivity contribution >= 4 is 28.9 Å². The minimum Gasteiger partial charge on any atom is -0.483 e. The van der Waals surface area contributed by atoms with Crippen LogP contribution >= 0.6 is 0 Å². The van der Waals surface area contributed by atoms with E-state index >= 15 is 0 Å². The van der Waals surface area contributed by atoms with E-state index in [4.69, 9.17) is 4.74 Å². The van der Waals surface area contributed by atoms with Crippen LogP contribution in [0.5, 0.6) is 5.75 Å². The number of ether oxygens (including phenoxy) is 1. The van der Waals surface area contributed by atoms with Gasteiger partial charge in [-0.3, -0.25) is 14.4 Å². The molecular formula is C18H20N2O4. The third-order valence-corrected chi connectivity index (χ3v) is 3.53. The number of carbonyl (C=O) groups is 3. The molecule has 126 valence electrons. The normalized spacial score (nSPS) is 11.6. The molecule has 6 heteroatoms. The molecule has 2 amide bonds. The number of aldehydes is 1. The Morgan fingerprint density at radius 3 is 2.67 bits per heavy atom. The van der Waals surface area contributed by atoms with E-state index in [9.17, 15) is 14.4 Å². The van der Waals surface area contributed by atoms with Crippen molar-refractivity contribution in [1.29, 1.82) is 0 Å². The summed E-state index contributed by atoms with van der Waals surface area (Å²) in [6.45, 7) is 3.62. The van der Waals surface area contributed by atoms with Crippen LogP contribution in [0.1, 0.15) is 24.2 Å². The first kappa shape index (κ1) is 17.5. The van der Waals surface area contributed by atoms with E-state index in [0.29, 0.717) is 24.1 Å². The van der Waals surface area contributed by atoms with Crippen LogP contribution in [0.25, 0.3) is 10.8 Å². The second-order valence-electron chi connectivity index (χ2n) is 5.29. The molecule has 0 saturated carbocycles. The lowest BCUT2D eigenvalue weighted by atomic mass is 10.0. The van der Waals surface area contributed by atoms with Gasteiger partial charge in [0.2, 0.25) is 5.91 Å². The molecule has 2 rings (SSSR count). The topological polar surface area (TPSA) is 84.5 Å². The van der Waals surface area contributed by atoms with Crippen molar-refractivity contribution in [3.8, 4) is 5.75 Å². The monoisotopic (exact) mass is 328 g/mol. The molecule has 0 aromatic heterocycles. The molecule has 1 atom stereocenters. The molecular weight excluding hydrogens is 308 g/mol. The Hall–Kier alpha value is -2.89. The van der Waals surface area contributed by atoms with E-state index in [1.165, 1.54) is 0 Å². The van der Waals surface area contributed by atoms with Gasteiger partial charge in [0.15, 0.2) is 12.9 Å². The molecule has 0 spiro atoms. The standard InChI is InChI=1S/C18H20N2O4/c1-3-19-18(23)12(2)20-17(22)11-24-16-9-8-13-6-4-5-7-14(13)15(16)10-21/h4-10,12H,3,11H2,1-2H3,(H,19,23)(H,20,22)/t12-/m0/s1. The van der Waals surface area contributed by atoms with Crippen molar-refractivity contribution in [1.82, 2.24) is 10.6 Å². The third-order valence-electron chi connectivity index (χ3n) is 3.53. The summed E-state index contributed by atoms with van der Waals surface area (Å²) < 4.78 is 5.46. The largest absolute Gasteiger partial charge is 0.483 e. The number of amides is 2. The van der Waals surface area contributed by atoms with Gasteiger partial charge < -0.3 is 15.4 Å². The lowest BCUT2D eigenvalue weighted by Gasteiger charge is -2.14. The third kappa shape index (κ3) is 4.10. The summed E-state index contributed by atoms with van der Waals surface area (Å²) in [4.78, 5) is 34.9. The van der Waals surface area contributed by atoms with E-state index in [-0.39, 0.29) is 12.5 Å². The van der Waals surface area contributed by atoms with Crippen molar-refractivity contribution in [3.05, 3.63) is 42.0 Å². The van der Waals surface area contributed by atoms with Crippen molar-refractivity contribution in [2.75, 3.05) is 13.2 Å². The number of nitrogens with one attached hydrogen (secondary N) is 2. The van der Waals surface area contributed by atoms with Gasteiger partial charge in [0.25, 0.3) is 5.91 Å². The van der Waals surface area contributed by atoms with Gasteiger partial charge >= 0.3 is 0 Å². The van der Waals surface area contributed by atoms with Gasteiger partial charge in [0, 0.05) is 6.54 Å². The number of fused-ring (bicyclic) bond motifs is 1. The van der Waals surface area contributed by atoms with Gasteiger partial charge in [-0.15, -0.1) is 0 Å². The van der Waals surface area contributed by atoms with Gasteiger partial charge in [0.05, 0.1) is 5.56 Å². The smallest absolute Gasteiger partial charge is 0.258 e. The number of rotatable bonds is 7. The highest BCUT2D eigenvalue weighted by molar-refractivity contribution is 6.00. The van der Waals surface area contributed by atoms with Crippen molar-refractivity contribution in [3.63, 3.8) is 0 Å². The summed E-state index contributed by atoms with van der Waals surface area (Å²) in [7, 11) is 0. The van der Waals surface area contributed by atoms with Crippen LogP contribution in [-0.2, 0) is 9.59 Å². The summed E-state index contributed by atoms with van der Waals surface area (Å²) in [5.41, 5.74) is 0.401. The van der Waals surface area contributed by atoms with Gasteiger partial charge in [-0.2, -0.15) is 0 Å². The van der Waals surface area contributed by atoms with Crippen molar-refractivity contribution in [2.24, 2.45) is 0 Å². The molecule has 24 heavy (non-hydrogen) atoms. The number of benzene rings is 2. The highest BCUT2D eigenvalue weighted by Crippen LogP contribution is 2.26. The maximum atomic E-state index is 11.9. The van der Waals surface area contributed by atoms with Crippen LogP contribution in [0.3, 0.4) is 0 Å². The number of likely N-dealkylation sites (N-methyl/N-ethyl adjacent to an activating group) is 1. The Bertz CT molecular complexity index is 758. The Labute approximate surface area is 140 Å².